The molecular formula is C20H17BrN2O3S. The molecule has 0 unspecified atom stereocenters. The molecule has 0 aliphatic carbocycles. The van der Waals surface area contributed by atoms with Crippen LogP contribution in [0.1, 0.15) is 15.9 Å². The van der Waals surface area contributed by atoms with Gasteiger partial charge in [-0.15, -0.1) is 0 Å². The Morgan fingerprint density at radius 1 is 0.852 bits per heavy atom. The van der Waals surface area contributed by atoms with Gasteiger partial charge in [-0.2, -0.15) is 0 Å². The van der Waals surface area contributed by atoms with Gasteiger partial charge in [0.2, 0.25) is 0 Å². The van der Waals surface area contributed by atoms with E-state index in [-0.39, 0.29) is 22.1 Å². The molecule has 0 aromatic heterocycles. The SMILES string of the molecule is O=C(NCc1ccccc1)c1ccccc1NS(=O)(=O)c1ccc(Br)cc1. The third kappa shape index (κ3) is 4.96. The fraction of sp³-hybridized carbons (Fsp3) is 0.0500. The molecule has 0 atom stereocenters. The van der Waals surface area contributed by atoms with Crippen molar-refractivity contribution in [1.29, 1.82) is 0 Å². The molecule has 0 saturated heterocycles. The number of halogens is 1. The summed E-state index contributed by atoms with van der Waals surface area (Å²) in [5, 5.41) is 2.81. The second-order valence-electron chi connectivity index (χ2n) is 5.77. The molecule has 0 spiro atoms. The van der Waals surface area contributed by atoms with E-state index in [1.807, 2.05) is 30.3 Å². The van der Waals surface area contributed by atoms with E-state index in [1.165, 1.54) is 12.1 Å². The average molecular weight is 445 g/mol. The van der Waals surface area contributed by atoms with Crippen LogP contribution in [0.2, 0.25) is 0 Å². The van der Waals surface area contributed by atoms with E-state index in [9.17, 15) is 13.2 Å². The van der Waals surface area contributed by atoms with Gasteiger partial charge in [-0.05, 0) is 42.0 Å². The number of para-hydroxylation sites is 1. The van der Waals surface area contributed by atoms with E-state index in [0.717, 1.165) is 10.0 Å². The van der Waals surface area contributed by atoms with Crippen LogP contribution in [0.4, 0.5) is 5.69 Å². The van der Waals surface area contributed by atoms with Gasteiger partial charge in [0, 0.05) is 11.0 Å². The first-order valence-electron chi connectivity index (χ1n) is 8.15. The van der Waals surface area contributed by atoms with Crippen molar-refractivity contribution in [3.05, 3.63) is 94.5 Å². The minimum absolute atomic E-state index is 0.116. The number of anilines is 1. The third-order valence-corrected chi connectivity index (χ3v) is 5.75. The van der Waals surface area contributed by atoms with Crippen LogP contribution < -0.4 is 10.0 Å². The summed E-state index contributed by atoms with van der Waals surface area (Å²) in [4.78, 5) is 12.7. The zero-order valence-corrected chi connectivity index (χ0v) is 16.6. The van der Waals surface area contributed by atoms with Crippen molar-refractivity contribution in [2.24, 2.45) is 0 Å². The topological polar surface area (TPSA) is 75.3 Å². The fourth-order valence-electron chi connectivity index (χ4n) is 2.46. The van der Waals surface area contributed by atoms with Gasteiger partial charge in [0.1, 0.15) is 0 Å². The molecule has 3 aromatic rings. The van der Waals surface area contributed by atoms with Crippen LogP contribution in [0.15, 0.2) is 88.2 Å². The summed E-state index contributed by atoms with van der Waals surface area (Å²) >= 11 is 3.28. The summed E-state index contributed by atoms with van der Waals surface area (Å²) < 4.78 is 28.5. The number of hydrogen-bond donors (Lipinski definition) is 2. The summed E-state index contributed by atoms with van der Waals surface area (Å²) in [6.45, 7) is 0.355. The molecule has 5 nitrogen and oxygen atoms in total. The zero-order valence-electron chi connectivity index (χ0n) is 14.2. The van der Waals surface area contributed by atoms with Gasteiger partial charge in [0.25, 0.3) is 15.9 Å². The summed E-state index contributed by atoms with van der Waals surface area (Å²) in [5.41, 5.74) is 1.44. The molecule has 0 bridgehead atoms. The molecule has 0 radical (unpaired) electrons. The minimum Gasteiger partial charge on any atom is -0.348 e. The highest BCUT2D eigenvalue weighted by molar-refractivity contribution is 9.10. The normalized spacial score (nSPS) is 11.0. The first-order chi connectivity index (χ1) is 13.0. The minimum atomic E-state index is -3.80. The molecule has 138 valence electrons. The van der Waals surface area contributed by atoms with Crippen molar-refractivity contribution in [2.45, 2.75) is 11.4 Å². The smallest absolute Gasteiger partial charge is 0.261 e. The van der Waals surface area contributed by atoms with Crippen LogP contribution >= 0.6 is 15.9 Å². The standard InChI is InChI=1S/C20H17BrN2O3S/c21-16-10-12-17(13-11-16)27(25,26)23-19-9-5-4-8-18(19)20(24)22-14-15-6-2-1-3-7-15/h1-13,23H,14H2,(H,22,24). The quantitative estimate of drug-likeness (QED) is 0.598. The van der Waals surface area contributed by atoms with Crippen LogP contribution in [-0.2, 0) is 16.6 Å². The predicted molar refractivity (Wildman–Crippen MR) is 109 cm³/mol. The number of carbonyl (C=O) groups excluding carboxylic acids is 1. The molecule has 0 fully saturated rings. The molecule has 1 amide bonds. The first-order valence-corrected chi connectivity index (χ1v) is 10.4. The first kappa shape index (κ1) is 19.1. The van der Waals surface area contributed by atoms with Gasteiger partial charge < -0.3 is 5.32 Å². The van der Waals surface area contributed by atoms with E-state index >= 15 is 0 Å². The van der Waals surface area contributed by atoms with Gasteiger partial charge >= 0.3 is 0 Å². The lowest BCUT2D eigenvalue weighted by Gasteiger charge is -2.13. The van der Waals surface area contributed by atoms with Crippen molar-refractivity contribution in [2.75, 3.05) is 4.72 Å². The number of benzene rings is 3. The van der Waals surface area contributed by atoms with Crippen molar-refractivity contribution >= 4 is 37.5 Å². The van der Waals surface area contributed by atoms with Crippen molar-refractivity contribution in [1.82, 2.24) is 5.32 Å². The van der Waals surface area contributed by atoms with E-state index in [1.54, 1.807) is 36.4 Å². The van der Waals surface area contributed by atoms with E-state index in [4.69, 9.17) is 0 Å². The lowest BCUT2D eigenvalue weighted by Crippen LogP contribution is -2.25. The van der Waals surface area contributed by atoms with Crippen molar-refractivity contribution < 1.29 is 13.2 Å². The third-order valence-electron chi connectivity index (χ3n) is 3.84. The number of hydrogen-bond acceptors (Lipinski definition) is 3. The monoisotopic (exact) mass is 444 g/mol. The fourth-order valence-corrected chi connectivity index (χ4v) is 3.81. The Hall–Kier alpha value is -2.64. The highest BCUT2D eigenvalue weighted by Gasteiger charge is 2.18. The largest absolute Gasteiger partial charge is 0.348 e. The molecule has 3 rings (SSSR count). The summed E-state index contributed by atoms with van der Waals surface area (Å²) in [6.07, 6.45) is 0. The Labute approximate surface area is 166 Å². The Kier molecular flexibility index (Phi) is 5.93. The second kappa shape index (κ2) is 8.37. The van der Waals surface area contributed by atoms with Crippen LogP contribution in [0.5, 0.6) is 0 Å². The van der Waals surface area contributed by atoms with Crippen LogP contribution in [0.3, 0.4) is 0 Å². The number of nitrogens with one attached hydrogen (secondary N) is 2. The number of rotatable bonds is 6. The number of carbonyl (C=O) groups is 1. The van der Waals surface area contributed by atoms with Crippen molar-refractivity contribution in [3.8, 4) is 0 Å². The summed E-state index contributed by atoms with van der Waals surface area (Å²) in [7, 11) is -3.80. The molecule has 2 N–H and O–H groups in total. The van der Waals surface area contributed by atoms with Crippen molar-refractivity contribution in [3.63, 3.8) is 0 Å². The molecule has 0 aliphatic rings. The molecule has 0 aliphatic heterocycles. The van der Waals surface area contributed by atoms with E-state index in [0.29, 0.717) is 6.54 Å². The van der Waals surface area contributed by atoms with Gasteiger partial charge in [0.05, 0.1) is 16.1 Å². The maximum atomic E-state index is 12.6. The summed E-state index contributed by atoms with van der Waals surface area (Å²) in [5.74, 6) is -0.354. The van der Waals surface area contributed by atoms with Crippen LogP contribution in [-0.4, -0.2) is 14.3 Å². The maximum absolute atomic E-state index is 12.6. The van der Waals surface area contributed by atoms with E-state index in [2.05, 4.69) is 26.0 Å². The molecular weight excluding hydrogens is 428 g/mol. The molecule has 0 heterocycles. The van der Waals surface area contributed by atoms with Crippen LogP contribution in [0.25, 0.3) is 0 Å². The molecule has 3 aromatic carbocycles. The van der Waals surface area contributed by atoms with Gasteiger partial charge in [-0.25, -0.2) is 8.42 Å². The Balaban J connectivity index is 1.79. The van der Waals surface area contributed by atoms with Crippen LogP contribution in [0, 0.1) is 0 Å². The highest BCUT2D eigenvalue weighted by atomic mass is 79.9. The molecule has 27 heavy (non-hydrogen) atoms. The lowest BCUT2D eigenvalue weighted by molar-refractivity contribution is 0.0952. The average Bonchev–Trinajstić information content (AvgIpc) is 2.67. The Bertz CT molecular complexity index is 1040. The summed E-state index contributed by atoms with van der Waals surface area (Å²) in [6, 6.07) is 22.3. The molecule has 0 saturated carbocycles. The maximum Gasteiger partial charge on any atom is 0.261 e. The zero-order chi connectivity index (χ0) is 19.3. The van der Waals surface area contributed by atoms with Gasteiger partial charge in [-0.1, -0.05) is 58.4 Å². The molecule has 7 heteroatoms. The second-order valence-corrected chi connectivity index (χ2v) is 8.37. The lowest BCUT2D eigenvalue weighted by atomic mass is 10.1. The van der Waals surface area contributed by atoms with Gasteiger partial charge in [-0.3, -0.25) is 9.52 Å². The predicted octanol–water partition coefficient (Wildman–Crippen LogP) is 4.18. The highest BCUT2D eigenvalue weighted by Crippen LogP contribution is 2.21. The number of sulfonamides is 1. The Morgan fingerprint density at radius 2 is 1.48 bits per heavy atom. The number of amides is 1. The van der Waals surface area contributed by atoms with Gasteiger partial charge in [0.15, 0.2) is 0 Å². The Morgan fingerprint density at radius 3 is 2.19 bits per heavy atom. The van der Waals surface area contributed by atoms with E-state index < -0.39 is 10.0 Å².